The molecule has 0 aromatic heterocycles. The van der Waals surface area contributed by atoms with E-state index in [0.29, 0.717) is 0 Å². The van der Waals surface area contributed by atoms with Gasteiger partial charge in [-0.2, -0.15) is 0 Å². The molecule has 0 aliphatic rings. The summed E-state index contributed by atoms with van der Waals surface area (Å²) in [5.74, 6) is 6.60. The van der Waals surface area contributed by atoms with Gasteiger partial charge in [0, 0.05) is 10.5 Å². The van der Waals surface area contributed by atoms with E-state index >= 15 is 0 Å². The first-order valence-corrected chi connectivity index (χ1v) is 7.43. The predicted molar refractivity (Wildman–Crippen MR) is 83.1 cm³/mol. The van der Waals surface area contributed by atoms with Crippen LogP contribution >= 0.6 is 11.8 Å². The Balaban J connectivity index is 2.09. The van der Waals surface area contributed by atoms with Gasteiger partial charge in [0.15, 0.2) is 0 Å². The molecule has 0 saturated heterocycles. The maximum atomic E-state index is 10.0. The molecule has 0 unspecified atom stereocenters. The molecule has 0 spiro atoms. The summed E-state index contributed by atoms with van der Waals surface area (Å²) in [4.78, 5) is 1.20. The molecule has 0 aliphatic carbocycles. The highest BCUT2D eigenvalue weighted by Crippen LogP contribution is 2.17. The van der Waals surface area contributed by atoms with Crippen LogP contribution in [0.4, 0.5) is 0 Å². The van der Waals surface area contributed by atoms with Crippen LogP contribution in [0.25, 0.3) is 0 Å². The lowest BCUT2D eigenvalue weighted by atomic mass is 10.1. The van der Waals surface area contributed by atoms with Crippen LogP contribution < -0.4 is 4.74 Å². The lowest BCUT2D eigenvalue weighted by molar-refractivity contribution is 0.238. The summed E-state index contributed by atoms with van der Waals surface area (Å²) in [7, 11) is 1.61. The molecule has 0 fully saturated rings. The third kappa shape index (κ3) is 3.80. The zero-order valence-electron chi connectivity index (χ0n) is 11.5. The van der Waals surface area contributed by atoms with Crippen molar-refractivity contribution in [3.05, 3.63) is 59.7 Å². The number of hydrogen-bond donors (Lipinski definition) is 1. The summed E-state index contributed by atoms with van der Waals surface area (Å²) >= 11 is 1.69. The second-order valence-corrected chi connectivity index (χ2v) is 5.05. The topological polar surface area (TPSA) is 29.5 Å². The van der Waals surface area contributed by atoms with Crippen LogP contribution in [0.3, 0.4) is 0 Å². The van der Waals surface area contributed by atoms with E-state index in [1.807, 2.05) is 54.8 Å². The highest BCUT2D eigenvalue weighted by atomic mass is 32.2. The Bertz CT molecular complexity index is 606. The Kier molecular flexibility index (Phi) is 5.11. The van der Waals surface area contributed by atoms with E-state index in [1.54, 1.807) is 18.9 Å². The smallest absolute Gasteiger partial charge is 0.140 e. The zero-order valence-corrected chi connectivity index (χ0v) is 12.3. The normalized spacial score (nSPS) is 11.3. The number of benzene rings is 2. The van der Waals surface area contributed by atoms with E-state index in [-0.39, 0.29) is 0 Å². The van der Waals surface area contributed by atoms with Crippen molar-refractivity contribution < 1.29 is 9.84 Å². The lowest BCUT2D eigenvalue weighted by Gasteiger charge is -2.05. The second kappa shape index (κ2) is 7.04. The Morgan fingerprint density at radius 2 is 1.70 bits per heavy atom. The van der Waals surface area contributed by atoms with Crippen molar-refractivity contribution in [2.75, 3.05) is 13.4 Å². The summed E-state index contributed by atoms with van der Waals surface area (Å²) in [6, 6.07) is 15.2. The first-order chi connectivity index (χ1) is 9.72. The van der Waals surface area contributed by atoms with E-state index in [0.717, 1.165) is 16.9 Å². The molecule has 102 valence electrons. The largest absolute Gasteiger partial charge is 0.497 e. The fourth-order valence-electron chi connectivity index (χ4n) is 1.70. The predicted octanol–water partition coefficient (Wildman–Crippen LogP) is 3.50. The van der Waals surface area contributed by atoms with Gasteiger partial charge in [-0.15, -0.1) is 11.8 Å². The fourth-order valence-corrected chi connectivity index (χ4v) is 2.10. The van der Waals surface area contributed by atoms with Gasteiger partial charge in [0.05, 0.1) is 7.11 Å². The number of methoxy groups -OCH3 is 1. The highest BCUT2D eigenvalue weighted by Gasteiger charge is 2.03. The molecule has 1 N–H and O–H groups in total. The Hall–Kier alpha value is -1.89. The molecule has 2 nitrogen and oxygen atoms in total. The minimum absolute atomic E-state index is 0.763. The first-order valence-electron chi connectivity index (χ1n) is 6.20. The van der Waals surface area contributed by atoms with Crippen molar-refractivity contribution in [1.82, 2.24) is 0 Å². The van der Waals surface area contributed by atoms with Crippen molar-refractivity contribution in [3.8, 4) is 17.6 Å². The van der Waals surface area contributed by atoms with Crippen molar-refractivity contribution in [2.24, 2.45) is 0 Å². The van der Waals surface area contributed by atoms with Gasteiger partial charge in [-0.1, -0.05) is 24.0 Å². The minimum atomic E-state index is -0.791. The zero-order chi connectivity index (χ0) is 14.4. The van der Waals surface area contributed by atoms with Gasteiger partial charge in [0.1, 0.15) is 11.9 Å². The van der Waals surface area contributed by atoms with Gasteiger partial charge < -0.3 is 9.84 Å². The fraction of sp³-hybridized carbons (Fsp3) is 0.176. The van der Waals surface area contributed by atoms with E-state index in [4.69, 9.17) is 4.74 Å². The molecule has 0 bridgehead atoms. The average Bonchev–Trinajstić information content (AvgIpc) is 2.53. The maximum absolute atomic E-state index is 10.0. The Morgan fingerprint density at radius 3 is 2.25 bits per heavy atom. The van der Waals surface area contributed by atoms with Gasteiger partial charge in [0.25, 0.3) is 0 Å². The van der Waals surface area contributed by atoms with Crippen molar-refractivity contribution in [3.63, 3.8) is 0 Å². The Labute approximate surface area is 123 Å². The van der Waals surface area contributed by atoms with Gasteiger partial charge in [-0.05, 0) is 48.2 Å². The number of aliphatic hydroxyl groups excluding tert-OH is 1. The Morgan fingerprint density at radius 1 is 1.05 bits per heavy atom. The molecule has 20 heavy (non-hydrogen) atoms. The summed E-state index contributed by atoms with van der Waals surface area (Å²) in [6.45, 7) is 0. The minimum Gasteiger partial charge on any atom is -0.497 e. The number of rotatable bonds is 3. The summed E-state index contributed by atoms with van der Waals surface area (Å²) in [6.07, 6.45) is 1.25. The molecular formula is C17H16O2S. The molecular weight excluding hydrogens is 268 g/mol. The van der Waals surface area contributed by atoms with Gasteiger partial charge >= 0.3 is 0 Å². The van der Waals surface area contributed by atoms with E-state index < -0.39 is 6.10 Å². The first kappa shape index (κ1) is 14.5. The molecule has 2 rings (SSSR count). The quantitative estimate of drug-likeness (QED) is 0.691. The summed E-state index contributed by atoms with van der Waals surface area (Å²) in [5.41, 5.74) is 1.66. The summed E-state index contributed by atoms with van der Waals surface area (Å²) < 4.78 is 5.08. The molecule has 0 amide bonds. The van der Waals surface area contributed by atoms with Gasteiger partial charge in [-0.25, -0.2) is 0 Å². The van der Waals surface area contributed by atoms with Crippen LogP contribution in [0.1, 0.15) is 17.2 Å². The molecule has 0 heterocycles. The molecule has 2 aromatic carbocycles. The molecule has 0 radical (unpaired) electrons. The summed E-state index contributed by atoms with van der Waals surface area (Å²) in [5, 5.41) is 10.0. The van der Waals surface area contributed by atoms with Crippen molar-refractivity contribution in [1.29, 1.82) is 0 Å². The molecule has 0 saturated carbocycles. The lowest BCUT2D eigenvalue weighted by Crippen LogP contribution is -1.93. The van der Waals surface area contributed by atoms with Crippen LogP contribution in [0, 0.1) is 11.8 Å². The standard InChI is InChI=1S/C17H16O2S/c1-19-15-8-6-14(7-9-15)17(18)12-5-13-3-10-16(20-2)11-4-13/h3-4,6-11,17-18H,1-2H3/t17-/m0/s1. The van der Waals surface area contributed by atoms with E-state index in [2.05, 4.69) is 11.8 Å². The van der Waals surface area contributed by atoms with Gasteiger partial charge in [-0.3, -0.25) is 0 Å². The number of hydrogen-bond acceptors (Lipinski definition) is 3. The van der Waals surface area contributed by atoms with Gasteiger partial charge in [0.2, 0.25) is 0 Å². The monoisotopic (exact) mass is 284 g/mol. The molecule has 0 aliphatic heterocycles. The highest BCUT2D eigenvalue weighted by molar-refractivity contribution is 7.98. The van der Waals surface area contributed by atoms with Crippen LogP contribution in [0.2, 0.25) is 0 Å². The molecule has 3 heteroatoms. The average molecular weight is 284 g/mol. The number of aliphatic hydroxyl groups is 1. The molecule has 2 aromatic rings. The number of ether oxygens (including phenoxy) is 1. The van der Waals surface area contributed by atoms with E-state index in [9.17, 15) is 5.11 Å². The third-order valence-corrected chi connectivity index (χ3v) is 3.62. The van der Waals surface area contributed by atoms with E-state index in [1.165, 1.54) is 4.90 Å². The maximum Gasteiger partial charge on any atom is 0.140 e. The van der Waals surface area contributed by atoms with Crippen molar-refractivity contribution >= 4 is 11.8 Å². The second-order valence-electron chi connectivity index (χ2n) is 4.17. The SMILES string of the molecule is COc1ccc([C@@H](O)C#Cc2ccc(SC)cc2)cc1. The van der Waals surface area contributed by atoms with Crippen LogP contribution in [0.5, 0.6) is 5.75 Å². The number of thioether (sulfide) groups is 1. The van der Waals surface area contributed by atoms with Crippen LogP contribution in [0.15, 0.2) is 53.4 Å². The third-order valence-electron chi connectivity index (χ3n) is 2.87. The molecule has 1 atom stereocenters. The van der Waals surface area contributed by atoms with Crippen LogP contribution in [-0.4, -0.2) is 18.5 Å². The van der Waals surface area contributed by atoms with Crippen molar-refractivity contribution in [2.45, 2.75) is 11.0 Å². The van der Waals surface area contributed by atoms with Crippen LogP contribution in [-0.2, 0) is 0 Å².